The van der Waals surface area contributed by atoms with Crippen LogP contribution in [0.3, 0.4) is 0 Å². The molecule has 1 rings (SSSR count). The van der Waals surface area contributed by atoms with Crippen LogP contribution in [-0.4, -0.2) is 14.3 Å². The molecule has 0 N–H and O–H groups in total. The molecule has 4 nitrogen and oxygen atoms in total. The van der Waals surface area contributed by atoms with E-state index >= 15 is 0 Å². The predicted molar refractivity (Wildman–Crippen MR) is 46.9 cm³/mol. The lowest BCUT2D eigenvalue weighted by Gasteiger charge is -2.02. The number of hydrogen-bond donors (Lipinski definition) is 0. The van der Waals surface area contributed by atoms with E-state index in [1.54, 1.807) is 13.4 Å². The van der Waals surface area contributed by atoms with Crippen LogP contribution in [0.4, 0.5) is 0 Å². The Labute approximate surface area is 71.8 Å². The van der Waals surface area contributed by atoms with Crippen molar-refractivity contribution in [2.75, 3.05) is 0 Å². The van der Waals surface area contributed by atoms with Gasteiger partial charge >= 0.3 is 5.69 Å². The normalized spacial score (nSPS) is 11.0. The zero-order valence-corrected chi connectivity index (χ0v) is 7.82. The Kier molecular flexibility index (Phi) is 2.68. The minimum absolute atomic E-state index is 0.0318. The summed E-state index contributed by atoms with van der Waals surface area (Å²) in [5, 5.41) is 3.95. The van der Waals surface area contributed by atoms with Crippen molar-refractivity contribution in [3.8, 4) is 0 Å². The van der Waals surface area contributed by atoms with Crippen LogP contribution in [0.25, 0.3) is 0 Å². The first-order chi connectivity index (χ1) is 5.61. The number of hydrogen-bond acceptors (Lipinski definition) is 2. The Hall–Kier alpha value is -1.06. The van der Waals surface area contributed by atoms with Crippen LogP contribution in [0.5, 0.6) is 0 Å². The van der Waals surface area contributed by atoms with Gasteiger partial charge < -0.3 is 0 Å². The molecule has 0 saturated heterocycles. The fraction of sp³-hybridized carbons (Fsp3) is 0.750. The molecule has 0 bridgehead atoms. The van der Waals surface area contributed by atoms with E-state index in [4.69, 9.17) is 0 Å². The summed E-state index contributed by atoms with van der Waals surface area (Å²) in [6.45, 7) is 4.99. The molecule has 0 amide bonds. The Bertz CT molecular complexity index is 297. The standard InChI is InChI=1S/C8H15N3O/c1-7(2)4-5-11-8(12)10(3)6-9-11/h6-7H,4-5H2,1-3H3. The van der Waals surface area contributed by atoms with Gasteiger partial charge in [0.25, 0.3) is 0 Å². The molecule has 0 aliphatic heterocycles. The van der Waals surface area contributed by atoms with Crippen LogP contribution in [0, 0.1) is 5.92 Å². The molecule has 0 fully saturated rings. The van der Waals surface area contributed by atoms with Gasteiger partial charge in [-0.25, -0.2) is 9.48 Å². The summed E-state index contributed by atoms with van der Waals surface area (Å²) in [4.78, 5) is 11.2. The highest BCUT2D eigenvalue weighted by Gasteiger charge is 2.01. The first kappa shape index (κ1) is 9.03. The van der Waals surface area contributed by atoms with Gasteiger partial charge in [0.2, 0.25) is 0 Å². The van der Waals surface area contributed by atoms with Crippen LogP contribution in [0.1, 0.15) is 20.3 Å². The number of rotatable bonds is 3. The molecular weight excluding hydrogens is 154 g/mol. The van der Waals surface area contributed by atoms with E-state index in [1.807, 2.05) is 0 Å². The molecule has 0 aliphatic rings. The lowest BCUT2D eigenvalue weighted by atomic mass is 10.1. The fourth-order valence-corrected chi connectivity index (χ4v) is 0.955. The van der Waals surface area contributed by atoms with Crippen LogP contribution >= 0.6 is 0 Å². The molecule has 1 aromatic heterocycles. The predicted octanol–water partition coefficient (Wildman–Crippen LogP) is 0.628. The van der Waals surface area contributed by atoms with Crippen molar-refractivity contribution in [3.05, 3.63) is 16.8 Å². The largest absolute Gasteiger partial charge is 0.345 e. The second-order valence-electron chi connectivity index (χ2n) is 3.43. The Morgan fingerprint density at radius 3 is 2.67 bits per heavy atom. The summed E-state index contributed by atoms with van der Waals surface area (Å²) in [7, 11) is 1.71. The van der Waals surface area contributed by atoms with Crippen molar-refractivity contribution in [2.45, 2.75) is 26.8 Å². The summed E-state index contributed by atoms with van der Waals surface area (Å²) < 4.78 is 2.99. The second kappa shape index (κ2) is 3.56. The molecule has 0 saturated carbocycles. The van der Waals surface area contributed by atoms with E-state index in [2.05, 4.69) is 18.9 Å². The maximum Gasteiger partial charge on any atom is 0.345 e. The Morgan fingerprint density at radius 2 is 2.25 bits per heavy atom. The van der Waals surface area contributed by atoms with Gasteiger partial charge in [-0.1, -0.05) is 13.8 Å². The molecule has 68 valence electrons. The smallest absolute Gasteiger partial charge is 0.285 e. The zero-order chi connectivity index (χ0) is 9.14. The highest BCUT2D eigenvalue weighted by Crippen LogP contribution is 1.99. The molecule has 12 heavy (non-hydrogen) atoms. The lowest BCUT2D eigenvalue weighted by Crippen LogP contribution is -2.23. The van der Waals surface area contributed by atoms with Crippen molar-refractivity contribution < 1.29 is 0 Å². The number of aromatic nitrogens is 3. The molecular formula is C8H15N3O. The van der Waals surface area contributed by atoms with Crippen molar-refractivity contribution >= 4 is 0 Å². The van der Waals surface area contributed by atoms with Crippen molar-refractivity contribution in [1.82, 2.24) is 14.3 Å². The van der Waals surface area contributed by atoms with Gasteiger partial charge in [-0.05, 0) is 12.3 Å². The van der Waals surface area contributed by atoms with Gasteiger partial charge in [0, 0.05) is 13.6 Å². The third-order valence-electron chi connectivity index (χ3n) is 1.81. The SMILES string of the molecule is CC(C)CCn1ncn(C)c1=O. The molecule has 0 radical (unpaired) electrons. The van der Waals surface area contributed by atoms with Gasteiger partial charge in [-0.3, -0.25) is 4.57 Å². The number of aryl methyl sites for hydroxylation is 2. The average molecular weight is 169 g/mol. The topological polar surface area (TPSA) is 39.8 Å². The molecule has 0 atom stereocenters. The third-order valence-corrected chi connectivity index (χ3v) is 1.81. The van der Waals surface area contributed by atoms with E-state index < -0.39 is 0 Å². The van der Waals surface area contributed by atoms with Crippen LogP contribution in [0.2, 0.25) is 0 Å². The minimum atomic E-state index is -0.0318. The summed E-state index contributed by atoms with van der Waals surface area (Å²) in [5.41, 5.74) is -0.0318. The number of nitrogens with zero attached hydrogens (tertiary/aromatic N) is 3. The van der Waals surface area contributed by atoms with E-state index in [9.17, 15) is 4.79 Å². The lowest BCUT2D eigenvalue weighted by molar-refractivity contribution is 0.475. The molecule has 0 unspecified atom stereocenters. The van der Waals surface area contributed by atoms with E-state index in [0.29, 0.717) is 5.92 Å². The van der Waals surface area contributed by atoms with Crippen LogP contribution in [-0.2, 0) is 13.6 Å². The highest BCUT2D eigenvalue weighted by atomic mass is 16.2. The summed E-state index contributed by atoms with van der Waals surface area (Å²) >= 11 is 0. The van der Waals surface area contributed by atoms with E-state index in [-0.39, 0.29) is 5.69 Å². The Morgan fingerprint density at radius 1 is 1.58 bits per heavy atom. The first-order valence-corrected chi connectivity index (χ1v) is 4.19. The zero-order valence-electron chi connectivity index (χ0n) is 7.82. The van der Waals surface area contributed by atoms with Gasteiger partial charge in [-0.15, -0.1) is 0 Å². The average Bonchev–Trinajstić information content (AvgIpc) is 2.30. The molecule has 0 spiro atoms. The van der Waals surface area contributed by atoms with Gasteiger partial charge in [-0.2, -0.15) is 5.10 Å². The van der Waals surface area contributed by atoms with Gasteiger partial charge in [0.05, 0.1) is 0 Å². The molecule has 0 aliphatic carbocycles. The molecule has 1 heterocycles. The second-order valence-corrected chi connectivity index (χ2v) is 3.43. The monoisotopic (exact) mass is 169 g/mol. The maximum absolute atomic E-state index is 11.2. The van der Waals surface area contributed by atoms with Crippen molar-refractivity contribution in [3.63, 3.8) is 0 Å². The summed E-state index contributed by atoms with van der Waals surface area (Å²) in [5.74, 6) is 0.610. The highest BCUT2D eigenvalue weighted by molar-refractivity contribution is 4.65. The minimum Gasteiger partial charge on any atom is -0.285 e. The van der Waals surface area contributed by atoms with Gasteiger partial charge in [0.1, 0.15) is 6.33 Å². The summed E-state index contributed by atoms with van der Waals surface area (Å²) in [6, 6.07) is 0. The molecule has 0 aromatic carbocycles. The van der Waals surface area contributed by atoms with Gasteiger partial charge in [0.15, 0.2) is 0 Å². The molecule has 1 aromatic rings. The summed E-state index contributed by atoms with van der Waals surface area (Å²) in [6.07, 6.45) is 2.54. The van der Waals surface area contributed by atoms with Crippen LogP contribution in [0.15, 0.2) is 11.1 Å². The molecule has 4 heteroatoms. The van der Waals surface area contributed by atoms with E-state index in [0.717, 1.165) is 13.0 Å². The maximum atomic E-state index is 11.2. The Balaban J connectivity index is 2.64. The quantitative estimate of drug-likeness (QED) is 0.665. The van der Waals surface area contributed by atoms with Crippen molar-refractivity contribution in [2.24, 2.45) is 13.0 Å². The van der Waals surface area contributed by atoms with E-state index in [1.165, 1.54) is 9.25 Å². The fourth-order valence-electron chi connectivity index (χ4n) is 0.955. The van der Waals surface area contributed by atoms with Crippen molar-refractivity contribution in [1.29, 1.82) is 0 Å². The van der Waals surface area contributed by atoms with Crippen LogP contribution < -0.4 is 5.69 Å². The third kappa shape index (κ3) is 1.96. The first-order valence-electron chi connectivity index (χ1n) is 4.19.